The third kappa shape index (κ3) is 2.56. The minimum atomic E-state index is -0.933. The Morgan fingerprint density at radius 1 is 1.47 bits per heavy atom. The fourth-order valence-electron chi connectivity index (χ4n) is 1.98. The van der Waals surface area contributed by atoms with Crippen molar-refractivity contribution in [1.29, 1.82) is 0 Å². The van der Waals surface area contributed by atoms with Gasteiger partial charge in [-0.15, -0.1) is 0 Å². The Bertz CT molecular complexity index is 591. The van der Waals surface area contributed by atoms with Gasteiger partial charge in [-0.1, -0.05) is 6.07 Å². The normalized spacial score (nSPS) is 16.7. The van der Waals surface area contributed by atoms with Crippen molar-refractivity contribution in [2.24, 2.45) is 0 Å². The maximum Gasteiger partial charge on any atom is 0.345 e. The van der Waals surface area contributed by atoms with Gasteiger partial charge >= 0.3 is 5.97 Å². The van der Waals surface area contributed by atoms with E-state index >= 15 is 0 Å². The first-order chi connectivity index (χ1) is 9.22. The molecule has 1 aromatic carbocycles. The van der Waals surface area contributed by atoms with Gasteiger partial charge in [0.1, 0.15) is 18.1 Å². The number of rotatable bonds is 4. The third-order valence-corrected chi connectivity index (χ3v) is 3.71. The van der Waals surface area contributed by atoms with Crippen molar-refractivity contribution in [3.05, 3.63) is 46.2 Å². The predicted octanol–water partition coefficient (Wildman–Crippen LogP) is 2.72. The van der Waals surface area contributed by atoms with E-state index in [1.165, 1.54) is 0 Å². The summed E-state index contributed by atoms with van der Waals surface area (Å²) in [6.45, 7) is 0.505. The maximum atomic E-state index is 10.9. The summed E-state index contributed by atoms with van der Waals surface area (Å²) in [5.41, 5.74) is 2.03. The van der Waals surface area contributed by atoms with E-state index in [0.717, 1.165) is 11.1 Å². The molecule has 1 aliphatic rings. The number of carboxylic acids is 1. The van der Waals surface area contributed by atoms with Crippen LogP contribution in [0.2, 0.25) is 0 Å². The van der Waals surface area contributed by atoms with Gasteiger partial charge in [0, 0.05) is 12.5 Å². The first kappa shape index (κ1) is 12.0. The fraction of sp³-hybridized carbons (Fsp3) is 0.214. The van der Waals surface area contributed by atoms with Crippen LogP contribution in [0.15, 0.2) is 35.0 Å². The quantitative estimate of drug-likeness (QED) is 0.933. The van der Waals surface area contributed by atoms with Crippen LogP contribution in [-0.4, -0.2) is 17.2 Å². The summed E-state index contributed by atoms with van der Waals surface area (Å²) in [4.78, 5) is 10.9. The number of carbonyl (C=O) groups is 1. The van der Waals surface area contributed by atoms with Gasteiger partial charge in [-0.2, -0.15) is 11.3 Å². The maximum absolute atomic E-state index is 10.9. The zero-order valence-corrected chi connectivity index (χ0v) is 10.9. The van der Waals surface area contributed by atoms with Crippen molar-refractivity contribution in [2.75, 3.05) is 0 Å². The van der Waals surface area contributed by atoms with Gasteiger partial charge in [0.25, 0.3) is 0 Å². The highest BCUT2D eigenvalue weighted by atomic mass is 32.1. The average Bonchev–Trinajstić information content (AvgIpc) is 3.04. The van der Waals surface area contributed by atoms with Gasteiger partial charge in [-0.3, -0.25) is 0 Å². The summed E-state index contributed by atoms with van der Waals surface area (Å²) < 4.78 is 11.0. The van der Waals surface area contributed by atoms with Crippen LogP contribution < -0.4 is 9.47 Å². The van der Waals surface area contributed by atoms with Gasteiger partial charge < -0.3 is 14.6 Å². The molecule has 3 rings (SSSR count). The molecule has 0 amide bonds. The topological polar surface area (TPSA) is 55.8 Å². The molecule has 0 saturated heterocycles. The minimum Gasteiger partial charge on any atom is -0.489 e. The summed E-state index contributed by atoms with van der Waals surface area (Å²) in [6.07, 6.45) is -0.364. The summed E-state index contributed by atoms with van der Waals surface area (Å²) >= 11 is 1.63. The molecular formula is C14H12O4S. The Morgan fingerprint density at radius 3 is 3.11 bits per heavy atom. The number of hydrogen-bond acceptors (Lipinski definition) is 4. The lowest BCUT2D eigenvalue weighted by Crippen LogP contribution is -2.24. The molecule has 0 aliphatic carbocycles. The van der Waals surface area contributed by atoms with E-state index in [2.05, 4.69) is 0 Å². The molecule has 1 unspecified atom stereocenters. The number of benzene rings is 1. The zero-order chi connectivity index (χ0) is 13.2. The Hall–Kier alpha value is -2.01. The van der Waals surface area contributed by atoms with Crippen LogP contribution in [-0.2, 0) is 17.8 Å². The average molecular weight is 276 g/mol. The molecule has 1 atom stereocenters. The molecule has 5 heteroatoms. The Labute approximate surface area is 114 Å². The van der Waals surface area contributed by atoms with Crippen molar-refractivity contribution in [2.45, 2.75) is 19.1 Å². The number of ether oxygens (including phenoxy) is 2. The molecule has 4 nitrogen and oxygen atoms in total. The van der Waals surface area contributed by atoms with E-state index in [4.69, 9.17) is 14.6 Å². The van der Waals surface area contributed by atoms with Crippen molar-refractivity contribution < 1.29 is 19.4 Å². The van der Waals surface area contributed by atoms with Crippen molar-refractivity contribution >= 4 is 17.3 Å². The highest BCUT2D eigenvalue weighted by Crippen LogP contribution is 2.32. The molecule has 19 heavy (non-hydrogen) atoms. The minimum absolute atomic E-state index is 0.412. The SMILES string of the molecule is O=C(O)C1Cc2ccc(OCc3ccsc3)cc2O1. The van der Waals surface area contributed by atoms with E-state index in [-0.39, 0.29) is 0 Å². The number of fused-ring (bicyclic) bond motifs is 1. The molecule has 2 heterocycles. The lowest BCUT2D eigenvalue weighted by atomic mass is 10.1. The van der Waals surface area contributed by atoms with E-state index in [1.807, 2.05) is 29.0 Å². The van der Waals surface area contributed by atoms with Gasteiger partial charge in [-0.05, 0) is 34.0 Å². The monoisotopic (exact) mass is 276 g/mol. The molecule has 98 valence electrons. The van der Waals surface area contributed by atoms with Gasteiger partial charge in [0.15, 0.2) is 6.10 Å². The van der Waals surface area contributed by atoms with E-state index < -0.39 is 12.1 Å². The first-order valence-corrected chi connectivity index (χ1v) is 6.83. The highest BCUT2D eigenvalue weighted by Gasteiger charge is 2.28. The summed E-state index contributed by atoms with van der Waals surface area (Å²) in [5.74, 6) is 0.364. The van der Waals surface area contributed by atoms with Crippen LogP contribution in [0, 0.1) is 0 Å². The smallest absolute Gasteiger partial charge is 0.345 e. The molecule has 0 saturated carbocycles. The molecule has 1 N–H and O–H groups in total. The number of thiophene rings is 1. The van der Waals surface area contributed by atoms with Crippen LogP contribution in [0.5, 0.6) is 11.5 Å². The van der Waals surface area contributed by atoms with E-state index in [9.17, 15) is 4.79 Å². The first-order valence-electron chi connectivity index (χ1n) is 5.88. The molecule has 1 aliphatic heterocycles. The van der Waals surface area contributed by atoms with Gasteiger partial charge in [-0.25, -0.2) is 4.79 Å². The van der Waals surface area contributed by atoms with Crippen LogP contribution >= 0.6 is 11.3 Å². The van der Waals surface area contributed by atoms with Crippen molar-refractivity contribution in [1.82, 2.24) is 0 Å². The Morgan fingerprint density at radius 2 is 2.37 bits per heavy atom. The van der Waals surface area contributed by atoms with Crippen molar-refractivity contribution in [3.63, 3.8) is 0 Å². The summed E-state index contributed by atoms with van der Waals surface area (Å²) in [7, 11) is 0. The van der Waals surface area contributed by atoms with Crippen LogP contribution in [0.25, 0.3) is 0 Å². The molecule has 0 spiro atoms. The molecular weight excluding hydrogens is 264 g/mol. The molecule has 0 bridgehead atoms. The van der Waals surface area contributed by atoms with Crippen LogP contribution in [0.3, 0.4) is 0 Å². The Balaban J connectivity index is 1.69. The molecule has 0 fully saturated rings. The number of hydrogen-bond donors (Lipinski definition) is 1. The van der Waals surface area contributed by atoms with Crippen LogP contribution in [0.4, 0.5) is 0 Å². The summed E-state index contributed by atoms with van der Waals surface area (Å²) in [6, 6.07) is 7.47. The second kappa shape index (κ2) is 4.93. The number of aliphatic carboxylic acids is 1. The van der Waals surface area contributed by atoms with E-state index in [0.29, 0.717) is 24.5 Å². The molecule has 2 aromatic rings. The Kier molecular flexibility index (Phi) is 3.13. The number of carboxylic acid groups (broad SMARTS) is 1. The lowest BCUT2D eigenvalue weighted by Gasteiger charge is -2.07. The van der Waals surface area contributed by atoms with Gasteiger partial charge in [0.05, 0.1) is 0 Å². The molecule has 1 aromatic heterocycles. The van der Waals surface area contributed by atoms with Crippen LogP contribution in [0.1, 0.15) is 11.1 Å². The zero-order valence-electron chi connectivity index (χ0n) is 10.0. The second-order valence-corrected chi connectivity index (χ2v) is 5.12. The second-order valence-electron chi connectivity index (χ2n) is 4.34. The highest BCUT2D eigenvalue weighted by molar-refractivity contribution is 7.07. The standard InChI is InChI=1S/C14H12O4S/c15-14(16)13-5-10-1-2-11(6-12(10)18-13)17-7-9-3-4-19-8-9/h1-4,6,8,13H,5,7H2,(H,15,16). The fourth-order valence-corrected chi connectivity index (χ4v) is 2.63. The van der Waals surface area contributed by atoms with Crippen molar-refractivity contribution in [3.8, 4) is 11.5 Å². The van der Waals surface area contributed by atoms with Gasteiger partial charge in [0.2, 0.25) is 0 Å². The third-order valence-electron chi connectivity index (χ3n) is 2.97. The molecule has 0 radical (unpaired) electrons. The largest absolute Gasteiger partial charge is 0.489 e. The summed E-state index contributed by atoms with van der Waals surface area (Å²) in [5, 5.41) is 13.0. The lowest BCUT2D eigenvalue weighted by molar-refractivity contribution is -0.144. The van der Waals surface area contributed by atoms with E-state index in [1.54, 1.807) is 17.4 Å². The predicted molar refractivity (Wildman–Crippen MR) is 70.8 cm³/mol.